The number of amides is 1. The number of hydrogen-bond donors (Lipinski definition) is 1. The third-order valence-corrected chi connectivity index (χ3v) is 4.04. The molecule has 0 radical (unpaired) electrons. The Balaban J connectivity index is 1.78. The number of hydrazone groups is 1. The summed E-state index contributed by atoms with van der Waals surface area (Å²) in [5.74, 6) is 0.361. The van der Waals surface area contributed by atoms with Crippen LogP contribution in [0.2, 0.25) is 0 Å². The molecule has 0 bridgehead atoms. The fourth-order valence-corrected chi connectivity index (χ4v) is 2.27. The van der Waals surface area contributed by atoms with Gasteiger partial charge in [-0.05, 0) is 47.5 Å². The molecule has 0 aliphatic heterocycles. The minimum atomic E-state index is -0.294. The van der Waals surface area contributed by atoms with Gasteiger partial charge in [0.1, 0.15) is 5.75 Å². The van der Waals surface area contributed by atoms with Crippen LogP contribution in [-0.4, -0.2) is 18.7 Å². The van der Waals surface area contributed by atoms with E-state index in [2.05, 4.69) is 26.5 Å². The molecule has 2 rings (SSSR count). The molecule has 1 aromatic heterocycles. The number of benzene rings is 1. The standard InChI is InChI=1S/C14H13BrN2O2S/c1-10-6-12(2-3-13(10)15)19-8-14(18)17-16-7-11-4-5-20-9-11/h2-7,9H,8H2,1H3,(H,17,18)/b16-7+. The average Bonchev–Trinajstić information content (AvgIpc) is 2.93. The van der Waals surface area contributed by atoms with Crippen molar-refractivity contribution in [3.05, 3.63) is 50.6 Å². The van der Waals surface area contributed by atoms with Gasteiger partial charge in [0, 0.05) is 10.0 Å². The smallest absolute Gasteiger partial charge is 0.277 e. The molecular formula is C14H13BrN2O2S. The molecule has 1 amide bonds. The largest absolute Gasteiger partial charge is 0.484 e. The van der Waals surface area contributed by atoms with Gasteiger partial charge in [-0.25, -0.2) is 5.43 Å². The second kappa shape index (κ2) is 7.21. The van der Waals surface area contributed by atoms with Gasteiger partial charge in [-0.15, -0.1) is 0 Å². The van der Waals surface area contributed by atoms with E-state index in [0.29, 0.717) is 5.75 Å². The number of halogens is 1. The molecule has 0 spiro atoms. The lowest BCUT2D eigenvalue weighted by Crippen LogP contribution is -2.24. The van der Waals surface area contributed by atoms with Gasteiger partial charge in [0.15, 0.2) is 6.61 Å². The van der Waals surface area contributed by atoms with E-state index in [0.717, 1.165) is 15.6 Å². The Kier molecular flexibility index (Phi) is 5.31. The van der Waals surface area contributed by atoms with Crippen LogP contribution in [0.1, 0.15) is 11.1 Å². The summed E-state index contributed by atoms with van der Waals surface area (Å²) in [7, 11) is 0. The van der Waals surface area contributed by atoms with E-state index < -0.39 is 0 Å². The summed E-state index contributed by atoms with van der Waals surface area (Å²) >= 11 is 4.99. The van der Waals surface area contributed by atoms with Crippen molar-refractivity contribution in [3.63, 3.8) is 0 Å². The first-order valence-electron chi connectivity index (χ1n) is 5.88. The lowest BCUT2D eigenvalue weighted by atomic mass is 10.2. The molecule has 6 heteroatoms. The fraction of sp³-hybridized carbons (Fsp3) is 0.143. The van der Waals surface area contributed by atoms with Crippen LogP contribution >= 0.6 is 27.3 Å². The van der Waals surface area contributed by atoms with Gasteiger partial charge in [0.05, 0.1) is 6.21 Å². The van der Waals surface area contributed by atoms with Crippen LogP contribution in [0.5, 0.6) is 5.75 Å². The van der Waals surface area contributed by atoms with E-state index in [1.165, 1.54) is 0 Å². The first kappa shape index (κ1) is 14.7. The van der Waals surface area contributed by atoms with Crippen molar-refractivity contribution in [2.75, 3.05) is 6.61 Å². The molecule has 20 heavy (non-hydrogen) atoms. The maximum Gasteiger partial charge on any atom is 0.277 e. The van der Waals surface area contributed by atoms with Crippen LogP contribution in [0.15, 0.2) is 44.6 Å². The SMILES string of the molecule is Cc1cc(OCC(=O)N/N=C/c2ccsc2)ccc1Br. The van der Waals surface area contributed by atoms with Crippen LogP contribution in [0.4, 0.5) is 0 Å². The second-order valence-electron chi connectivity index (χ2n) is 4.05. The van der Waals surface area contributed by atoms with Gasteiger partial charge in [-0.2, -0.15) is 16.4 Å². The molecule has 0 saturated carbocycles. The Bertz CT molecular complexity index is 612. The number of carbonyl (C=O) groups excluding carboxylic acids is 1. The molecule has 2 aromatic rings. The monoisotopic (exact) mass is 352 g/mol. The van der Waals surface area contributed by atoms with E-state index in [9.17, 15) is 4.79 Å². The van der Waals surface area contributed by atoms with Crippen molar-refractivity contribution in [2.24, 2.45) is 5.10 Å². The summed E-state index contributed by atoms with van der Waals surface area (Å²) in [6, 6.07) is 7.48. The molecule has 4 nitrogen and oxygen atoms in total. The highest BCUT2D eigenvalue weighted by atomic mass is 79.9. The highest BCUT2D eigenvalue weighted by molar-refractivity contribution is 9.10. The van der Waals surface area contributed by atoms with Crippen LogP contribution in [0.25, 0.3) is 0 Å². The summed E-state index contributed by atoms with van der Waals surface area (Å²) in [5, 5.41) is 7.74. The first-order valence-corrected chi connectivity index (χ1v) is 7.62. The third-order valence-electron chi connectivity index (χ3n) is 2.45. The zero-order valence-corrected chi connectivity index (χ0v) is 13.2. The Morgan fingerprint density at radius 2 is 2.35 bits per heavy atom. The van der Waals surface area contributed by atoms with Gasteiger partial charge < -0.3 is 4.74 Å². The topological polar surface area (TPSA) is 50.7 Å². The quantitative estimate of drug-likeness (QED) is 0.662. The lowest BCUT2D eigenvalue weighted by molar-refractivity contribution is -0.123. The Labute approximate surface area is 129 Å². The summed E-state index contributed by atoms with van der Waals surface area (Å²) in [6.07, 6.45) is 1.60. The lowest BCUT2D eigenvalue weighted by Gasteiger charge is -2.06. The van der Waals surface area contributed by atoms with Crippen molar-refractivity contribution in [1.29, 1.82) is 0 Å². The predicted octanol–water partition coefficient (Wildman–Crippen LogP) is 3.35. The summed E-state index contributed by atoms with van der Waals surface area (Å²) in [6.45, 7) is 1.89. The van der Waals surface area contributed by atoms with Crippen molar-refractivity contribution in [2.45, 2.75) is 6.92 Å². The fourth-order valence-electron chi connectivity index (χ4n) is 1.42. The van der Waals surface area contributed by atoms with Crippen molar-refractivity contribution >= 4 is 39.4 Å². The molecule has 0 aliphatic carbocycles. The summed E-state index contributed by atoms with van der Waals surface area (Å²) < 4.78 is 6.40. The normalized spacial score (nSPS) is 10.7. The second-order valence-corrected chi connectivity index (χ2v) is 5.68. The zero-order valence-electron chi connectivity index (χ0n) is 10.8. The van der Waals surface area contributed by atoms with E-state index in [4.69, 9.17) is 4.74 Å². The van der Waals surface area contributed by atoms with Crippen LogP contribution < -0.4 is 10.2 Å². The number of hydrogen-bond acceptors (Lipinski definition) is 4. The number of ether oxygens (including phenoxy) is 1. The Morgan fingerprint density at radius 1 is 1.50 bits per heavy atom. The van der Waals surface area contributed by atoms with E-state index in [1.54, 1.807) is 23.6 Å². The van der Waals surface area contributed by atoms with Gasteiger partial charge >= 0.3 is 0 Å². The number of nitrogens with one attached hydrogen (secondary N) is 1. The Hall–Kier alpha value is -1.66. The van der Waals surface area contributed by atoms with Crippen LogP contribution in [-0.2, 0) is 4.79 Å². The zero-order chi connectivity index (χ0) is 14.4. The molecule has 0 saturated heterocycles. The summed E-state index contributed by atoms with van der Waals surface area (Å²) in [5.41, 5.74) is 4.43. The van der Waals surface area contributed by atoms with Gasteiger partial charge in [0.25, 0.3) is 5.91 Å². The predicted molar refractivity (Wildman–Crippen MR) is 84.4 cm³/mol. The first-order chi connectivity index (χ1) is 9.65. The molecular weight excluding hydrogens is 340 g/mol. The van der Waals surface area contributed by atoms with Crippen molar-refractivity contribution in [3.8, 4) is 5.75 Å². The highest BCUT2D eigenvalue weighted by Gasteiger charge is 2.02. The van der Waals surface area contributed by atoms with E-state index >= 15 is 0 Å². The third kappa shape index (κ3) is 4.47. The summed E-state index contributed by atoms with van der Waals surface area (Å²) in [4.78, 5) is 11.5. The molecule has 1 heterocycles. The minimum absolute atomic E-state index is 0.0674. The number of rotatable bonds is 5. The number of nitrogens with zero attached hydrogens (tertiary/aromatic N) is 1. The van der Waals surface area contributed by atoms with Crippen LogP contribution in [0.3, 0.4) is 0 Å². The highest BCUT2D eigenvalue weighted by Crippen LogP contribution is 2.21. The maximum atomic E-state index is 11.5. The van der Waals surface area contributed by atoms with Crippen molar-refractivity contribution in [1.82, 2.24) is 5.43 Å². The number of thiophene rings is 1. The number of aryl methyl sites for hydroxylation is 1. The molecule has 0 unspecified atom stereocenters. The maximum absolute atomic E-state index is 11.5. The molecule has 104 valence electrons. The van der Waals surface area contributed by atoms with Gasteiger partial charge in [-0.1, -0.05) is 15.9 Å². The van der Waals surface area contributed by atoms with E-state index in [-0.39, 0.29) is 12.5 Å². The average molecular weight is 353 g/mol. The molecule has 0 aliphatic rings. The Morgan fingerprint density at radius 3 is 3.05 bits per heavy atom. The van der Waals surface area contributed by atoms with Gasteiger partial charge in [-0.3, -0.25) is 4.79 Å². The molecule has 1 N–H and O–H groups in total. The minimum Gasteiger partial charge on any atom is -0.484 e. The molecule has 0 atom stereocenters. The molecule has 0 fully saturated rings. The van der Waals surface area contributed by atoms with E-state index in [1.807, 2.05) is 35.9 Å². The molecule has 1 aromatic carbocycles. The van der Waals surface area contributed by atoms with Crippen LogP contribution in [0, 0.1) is 6.92 Å². The van der Waals surface area contributed by atoms with Crippen molar-refractivity contribution < 1.29 is 9.53 Å². The number of carbonyl (C=O) groups is 1. The van der Waals surface area contributed by atoms with Gasteiger partial charge in [0.2, 0.25) is 0 Å².